The van der Waals surface area contributed by atoms with Gasteiger partial charge in [-0.05, 0) is 13.8 Å². The van der Waals surface area contributed by atoms with Crippen molar-refractivity contribution in [1.29, 1.82) is 0 Å². The van der Waals surface area contributed by atoms with Crippen LogP contribution in [0.25, 0.3) is 0 Å². The molecule has 0 aromatic heterocycles. The van der Waals surface area contributed by atoms with Crippen molar-refractivity contribution in [2.24, 2.45) is 10.2 Å². The number of nitrogens with zero attached hydrogens (tertiary/aromatic N) is 2. The standard InChI is InChI=1S/C4H10N2/c1-3-5-6-4-2/h3-4H2,1-2H3/b6-5+. The first-order valence-corrected chi connectivity index (χ1v) is 2.25. The molecule has 2 heteroatoms. The van der Waals surface area contributed by atoms with Gasteiger partial charge in [0.25, 0.3) is 0 Å². The van der Waals surface area contributed by atoms with Crippen molar-refractivity contribution >= 4 is 0 Å². The summed E-state index contributed by atoms with van der Waals surface area (Å²) >= 11 is 0. The summed E-state index contributed by atoms with van der Waals surface area (Å²) in [5.74, 6) is 0. The van der Waals surface area contributed by atoms with Crippen LogP contribution in [0.15, 0.2) is 10.2 Å². The zero-order chi connectivity index (χ0) is 4.83. The van der Waals surface area contributed by atoms with Gasteiger partial charge in [-0.1, -0.05) is 0 Å². The summed E-state index contributed by atoms with van der Waals surface area (Å²) in [5, 5.41) is 7.43. The van der Waals surface area contributed by atoms with E-state index < -0.39 is 0 Å². The SMILES string of the molecule is CC/N=N/CC. The van der Waals surface area contributed by atoms with Gasteiger partial charge in [-0.15, -0.1) is 0 Å². The highest BCUT2D eigenvalue weighted by Gasteiger charge is 1.60. The summed E-state index contributed by atoms with van der Waals surface area (Å²) in [4.78, 5) is 0. The molecule has 0 saturated heterocycles. The van der Waals surface area contributed by atoms with Gasteiger partial charge >= 0.3 is 0 Å². The van der Waals surface area contributed by atoms with Gasteiger partial charge < -0.3 is 0 Å². The van der Waals surface area contributed by atoms with Crippen molar-refractivity contribution in [3.63, 3.8) is 0 Å². The third-order valence-electron chi connectivity index (χ3n) is 0.383. The Kier molecular flexibility index (Phi) is 4.29. The fraction of sp³-hybridized carbons (Fsp3) is 1.00. The lowest BCUT2D eigenvalue weighted by Gasteiger charge is -1.73. The maximum absolute atomic E-state index is 3.72. The van der Waals surface area contributed by atoms with E-state index in [1.807, 2.05) is 13.8 Å². The van der Waals surface area contributed by atoms with E-state index in [9.17, 15) is 0 Å². The first-order valence-electron chi connectivity index (χ1n) is 2.25. The number of rotatable bonds is 2. The van der Waals surface area contributed by atoms with Crippen LogP contribution < -0.4 is 0 Å². The smallest absolute Gasteiger partial charge is 0.0570 e. The Labute approximate surface area is 38.3 Å². The van der Waals surface area contributed by atoms with E-state index in [0.29, 0.717) is 0 Å². The summed E-state index contributed by atoms with van der Waals surface area (Å²) in [7, 11) is 0. The summed E-state index contributed by atoms with van der Waals surface area (Å²) in [6, 6.07) is 0. The highest BCUT2D eigenvalue weighted by atomic mass is 15.1. The Hall–Kier alpha value is -0.400. The summed E-state index contributed by atoms with van der Waals surface area (Å²) in [6.45, 7) is 5.57. The van der Waals surface area contributed by atoms with Crippen LogP contribution in [0, 0.1) is 0 Å². The largest absolute Gasteiger partial charge is 0.195 e. The Morgan fingerprint density at radius 3 is 1.50 bits per heavy atom. The molecule has 2 nitrogen and oxygen atoms in total. The van der Waals surface area contributed by atoms with Crippen LogP contribution in [0.2, 0.25) is 0 Å². The Balaban J connectivity index is 2.73. The average molecular weight is 86.1 g/mol. The minimum atomic E-state index is 0.813. The second-order valence-electron chi connectivity index (χ2n) is 0.915. The van der Waals surface area contributed by atoms with Crippen LogP contribution in [0.4, 0.5) is 0 Å². The maximum Gasteiger partial charge on any atom is 0.0570 e. The molecule has 0 amide bonds. The third kappa shape index (κ3) is 3.60. The van der Waals surface area contributed by atoms with Crippen LogP contribution in [0.1, 0.15) is 13.8 Å². The molecule has 6 heavy (non-hydrogen) atoms. The van der Waals surface area contributed by atoms with E-state index in [-0.39, 0.29) is 0 Å². The third-order valence-corrected chi connectivity index (χ3v) is 0.383. The Morgan fingerprint density at radius 1 is 1.00 bits per heavy atom. The fourth-order valence-corrected chi connectivity index (χ4v) is 0.200. The van der Waals surface area contributed by atoms with Crippen LogP contribution in [-0.4, -0.2) is 13.1 Å². The minimum Gasteiger partial charge on any atom is -0.195 e. The van der Waals surface area contributed by atoms with Crippen LogP contribution in [0.3, 0.4) is 0 Å². The molecule has 0 fully saturated rings. The van der Waals surface area contributed by atoms with Crippen molar-refractivity contribution in [3.8, 4) is 0 Å². The van der Waals surface area contributed by atoms with Gasteiger partial charge in [0.15, 0.2) is 0 Å². The lowest BCUT2D eigenvalue weighted by atomic mass is 10.8. The molecule has 0 radical (unpaired) electrons. The molecule has 0 heterocycles. The average Bonchev–Trinajstić information content (AvgIpc) is 1.61. The summed E-state index contributed by atoms with van der Waals surface area (Å²) in [5.41, 5.74) is 0. The lowest BCUT2D eigenvalue weighted by Crippen LogP contribution is -1.65. The highest BCUT2D eigenvalue weighted by molar-refractivity contribution is 4.24. The molecule has 0 spiro atoms. The number of azo groups is 1. The van der Waals surface area contributed by atoms with Crippen LogP contribution in [-0.2, 0) is 0 Å². The van der Waals surface area contributed by atoms with E-state index in [4.69, 9.17) is 0 Å². The van der Waals surface area contributed by atoms with Crippen molar-refractivity contribution in [3.05, 3.63) is 0 Å². The molecule has 0 bridgehead atoms. The molecular weight excluding hydrogens is 76.1 g/mol. The molecule has 0 rings (SSSR count). The van der Waals surface area contributed by atoms with Gasteiger partial charge in [0.05, 0.1) is 13.1 Å². The number of hydrogen-bond acceptors (Lipinski definition) is 2. The van der Waals surface area contributed by atoms with Gasteiger partial charge in [-0.25, -0.2) is 0 Å². The molecule has 0 saturated carbocycles. The second-order valence-corrected chi connectivity index (χ2v) is 0.915. The van der Waals surface area contributed by atoms with Crippen LogP contribution >= 0.6 is 0 Å². The van der Waals surface area contributed by atoms with Gasteiger partial charge in [0, 0.05) is 0 Å². The van der Waals surface area contributed by atoms with Crippen LogP contribution in [0.5, 0.6) is 0 Å². The molecule has 0 atom stereocenters. The summed E-state index contributed by atoms with van der Waals surface area (Å²) < 4.78 is 0. The van der Waals surface area contributed by atoms with Gasteiger partial charge in [0.1, 0.15) is 0 Å². The number of hydrogen-bond donors (Lipinski definition) is 0. The molecular formula is C4H10N2. The molecule has 36 valence electrons. The van der Waals surface area contributed by atoms with E-state index in [1.54, 1.807) is 0 Å². The lowest BCUT2D eigenvalue weighted by molar-refractivity contribution is 0.905. The fourth-order valence-electron chi connectivity index (χ4n) is 0.200. The second kappa shape index (κ2) is 4.60. The topological polar surface area (TPSA) is 24.7 Å². The van der Waals surface area contributed by atoms with Crippen molar-refractivity contribution in [2.45, 2.75) is 13.8 Å². The minimum absolute atomic E-state index is 0.813. The van der Waals surface area contributed by atoms with Crippen molar-refractivity contribution < 1.29 is 0 Å². The Morgan fingerprint density at radius 2 is 1.33 bits per heavy atom. The predicted octanol–water partition coefficient (Wildman–Crippen LogP) is 1.48. The van der Waals surface area contributed by atoms with E-state index >= 15 is 0 Å². The molecule has 0 aromatic rings. The summed E-state index contributed by atoms with van der Waals surface area (Å²) in [6.07, 6.45) is 0. The maximum atomic E-state index is 3.72. The van der Waals surface area contributed by atoms with E-state index in [0.717, 1.165) is 13.1 Å². The zero-order valence-electron chi connectivity index (χ0n) is 4.31. The quantitative estimate of drug-likeness (QED) is 0.455. The van der Waals surface area contributed by atoms with Gasteiger partial charge in [0.2, 0.25) is 0 Å². The molecule has 0 aromatic carbocycles. The highest BCUT2D eigenvalue weighted by Crippen LogP contribution is 1.69. The van der Waals surface area contributed by atoms with E-state index in [2.05, 4.69) is 10.2 Å². The molecule has 0 aliphatic heterocycles. The van der Waals surface area contributed by atoms with Gasteiger partial charge in [-0.3, -0.25) is 0 Å². The first-order chi connectivity index (χ1) is 2.91. The molecule has 0 aliphatic rings. The normalized spacial score (nSPS) is 10.3. The molecule has 0 unspecified atom stereocenters. The molecule has 0 N–H and O–H groups in total. The predicted molar refractivity (Wildman–Crippen MR) is 25.9 cm³/mol. The van der Waals surface area contributed by atoms with Crippen molar-refractivity contribution in [1.82, 2.24) is 0 Å². The van der Waals surface area contributed by atoms with Crippen molar-refractivity contribution in [2.75, 3.05) is 13.1 Å². The van der Waals surface area contributed by atoms with Gasteiger partial charge in [-0.2, -0.15) is 10.2 Å². The zero-order valence-corrected chi connectivity index (χ0v) is 4.31. The Bertz CT molecular complexity index is 34.8. The van der Waals surface area contributed by atoms with E-state index in [1.165, 1.54) is 0 Å². The monoisotopic (exact) mass is 86.1 g/mol. The molecule has 0 aliphatic carbocycles. The first kappa shape index (κ1) is 5.60.